The van der Waals surface area contributed by atoms with Crippen molar-refractivity contribution < 1.29 is 14.4 Å². The molecule has 4 heterocycles. The lowest BCUT2D eigenvalue weighted by Crippen LogP contribution is -2.55. The van der Waals surface area contributed by atoms with E-state index in [1.807, 2.05) is 49.4 Å². The van der Waals surface area contributed by atoms with Gasteiger partial charge in [-0.1, -0.05) is 47.5 Å². The molecule has 6 nitrogen and oxygen atoms in total. The molecule has 2 N–H and O–H groups in total. The molecule has 4 atom stereocenters. The van der Waals surface area contributed by atoms with Gasteiger partial charge in [0.2, 0.25) is 11.8 Å². The van der Waals surface area contributed by atoms with Crippen LogP contribution in [0.3, 0.4) is 0 Å². The van der Waals surface area contributed by atoms with E-state index in [0.29, 0.717) is 28.5 Å². The molecule has 0 aliphatic carbocycles. The van der Waals surface area contributed by atoms with E-state index in [1.54, 1.807) is 24.3 Å². The average Bonchev–Trinajstić information content (AvgIpc) is 3.58. The number of para-hydroxylation sites is 1. The fraction of sp³-hybridized carbons (Fsp3) is 0.276. The molecule has 7 heteroatoms. The molecule has 4 aliphatic rings. The Hall–Kier alpha value is -3.48. The predicted octanol–water partition coefficient (Wildman–Crippen LogP) is 4.66. The number of halogens is 1. The first-order valence-corrected chi connectivity index (χ1v) is 12.7. The number of carbonyl (C=O) groups is 3. The number of nitrogens with one attached hydrogen (secondary N) is 2. The Bertz CT molecular complexity index is 1490. The second kappa shape index (κ2) is 7.28. The number of amides is 2. The van der Waals surface area contributed by atoms with E-state index >= 15 is 0 Å². The third-order valence-corrected chi connectivity index (χ3v) is 8.92. The molecular weight excluding hydrogens is 474 g/mol. The Morgan fingerprint density at radius 3 is 2.47 bits per heavy atom. The molecule has 3 aromatic carbocycles. The lowest BCUT2D eigenvalue weighted by atomic mass is 9.60. The van der Waals surface area contributed by atoms with Crippen LogP contribution >= 0.6 is 11.6 Å². The largest absolute Gasteiger partial charge is 0.325 e. The number of rotatable bonds is 2. The van der Waals surface area contributed by atoms with Crippen molar-refractivity contribution in [2.24, 2.45) is 5.92 Å². The van der Waals surface area contributed by atoms with E-state index < -0.39 is 16.9 Å². The van der Waals surface area contributed by atoms with Crippen LogP contribution in [-0.4, -0.2) is 35.1 Å². The van der Waals surface area contributed by atoms with Gasteiger partial charge in [0.05, 0.1) is 5.92 Å². The summed E-state index contributed by atoms with van der Waals surface area (Å²) >= 11 is 6.15. The number of hydrogen-bond acceptors (Lipinski definition) is 4. The van der Waals surface area contributed by atoms with Crippen molar-refractivity contribution in [2.45, 2.75) is 36.8 Å². The van der Waals surface area contributed by atoms with Crippen molar-refractivity contribution in [3.05, 3.63) is 94.0 Å². The molecule has 4 aliphatic heterocycles. The van der Waals surface area contributed by atoms with E-state index in [0.717, 1.165) is 29.5 Å². The van der Waals surface area contributed by atoms with Crippen molar-refractivity contribution in [3.8, 4) is 0 Å². The normalized spacial score (nSPS) is 29.8. The smallest absolute Gasteiger partial charge is 0.250 e. The van der Waals surface area contributed by atoms with Gasteiger partial charge in [-0.25, -0.2) is 0 Å². The third kappa shape index (κ3) is 2.43. The first-order valence-electron chi connectivity index (χ1n) is 12.3. The van der Waals surface area contributed by atoms with Gasteiger partial charge in [-0.15, -0.1) is 0 Å². The summed E-state index contributed by atoms with van der Waals surface area (Å²) in [5, 5.41) is 6.67. The Balaban J connectivity index is 1.59. The van der Waals surface area contributed by atoms with Gasteiger partial charge in [0.25, 0.3) is 0 Å². The molecule has 0 saturated carbocycles. The Morgan fingerprint density at radius 2 is 1.67 bits per heavy atom. The van der Waals surface area contributed by atoms with E-state index in [9.17, 15) is 14.4 Å². The number of carbonyl (C=O) groups excluding carboxylic acids is 3. The van der Waals surface area contributed by atoms with Crippen molar-refractivity contribution in [2.75, 3.05) is 17.2 Å². The van der Waals surface area contributed by atoms with Crippen LogP contribution in [0.5, 0.6) is 0 Å². The van der Waals surface area contributed by atoms with E-state index in [1.165, 1.54) is 0 Å². The van der Waals surface area contributed by atoms with Crippen LogP contribution in [-0.2, 0) is 20.5 Å². The maximum Gasteiger partial charge on any atom is 0.250 e. The summed E-state index contributed by atoms with van der Waals surface area (Å²) in [4.78, 5) is 45.2. The number of benzene rings is 3. The standard InChI is InChI=1S/C29H24ClN3O3/c1-16-8-13-22-20(15-16)29(27(36)32-22)25(24(34)17-9-11-18(30)12-10-17)28(23-7-4-14-33(23)29)19-5-2-3-6-21(19)31-26(28)35/h2-3,5-6,8-13,15,23,25H,4,7,14H2,1H3,(H,31,35)(H,32,36). The molecule has 0 radical (unpaired) electrons. The monoisotopic (exact) mass is 497 g/mol. The summed E-state index contributed by atoms with van der Waals surface area (Å²) in [6, 6.07) is 19.9. The fourth-order valence-electron chi connectivity index (χ4n) is 7.44. The van der Waals surface area contributed by atoms with Crippen LogP contribution in [0.1, 0.15) is 39.9 Å². The molecule has 2 saturated heterocycles. The molecule has 2 amide bonds. The van der Waals surface area contributed by atoms with Crippen molar-refractivity contribution in [3.63, 3.8) is 0 Å². The van der Waals surface area contributed by atoms with Crippen molar-refractivity contribution >= 4 is 40.6 Å². The number of nitrogens with zero attached hydrogens (tertiary/aromatic N) is 1. The van der Waals surface area contributed by atoms with Crippen LogP contribution in [0.4, 0.5) is 11.4 Å². The van der Waals surface area contributed by atoms with Crippen molar-refractivity contribution in [1.82, 2.24) is 4.90 Å². The maximum absolute atomic E-state index is 14.7. The molecular formula is C29H24ClN3O3. The van der Waals surface area contributed by atoms with Gasteiger partial charge in [-0.3, -0.25) is 19.3 Å². The van der Waals surface area contributed by atoms with Crippen LogP contribution in [0.25, 0.3) is 0 Å². The van der Waals surface area contributed by atoms with Gasteiger partial charge in [0.1, 0.15) is 11.0 Å². The van der Waals surface area contributed by atoms with Crippen LogP contribution in [0, 0.1) is 12.8 Å². The van der Waals surface area contributed by atoms with Crippen LogP contribution < -0.4 is 10.6 Å². The summed E-state index contributed by atoms with van der Waals surface area (Å²) in [6.45, 7) is 2.61. The fourth-order valence-corrected chi connectivity index (χ4v) is 7.57. The van der Waals surface area contributed by atoms with Crippen LogP contribution in [0.2, 0.25) is 5.02 Å². The predicted molar refractivity (Wildman–Crippen MR) is 137 cm³/mol. The average molecular weight is 498 g/mol. The second-order valence-corrected chi connectivity index (χ2v) is 10.7. The molecule has 36 heavy (non-hydrogen) atoms. The Morgan fingerprint density at radius 1 is 0.944 bits per heavy atom. The number of hydrogen-bond donors (Lipinski definition) is 2. The van der Waals surface area contributed by atoms with Crippen LogP contribution in [0.15, 0.2) is 66.7 Å². The SMILES string of the molecule is Cc1ccc2c(c1)C1(C(=O)N2)C(C(=O)c2ccc(Cl)cc2)C2(C(=O)Nc3ccccc32)C2CCCN21. The van der Waals surface area contributed by atoms with E-state index in [2.05, 4.69) is 15.5 Å². The molecule has 180 valence electrons. The summed E-state index contributed by atoms with van der Waals surface area (Å²) in [5.74, 6) is -1.63. The maximum atomic E-state index is 14.7. The van der Waals surface area contributed by atoms with Crippen molar-refractivity contribution in [1.29, 1.82) is 0 Å². The Labute approximate surface area is 213 Å². The summed E-state index contributed by atoms with van der Waals surface area (Å²) < 4.78 is 0. The van der Waals surface area contributed by atoms with E-state index in [4.69, 9.17) is 11.6 Å². The number of anilines is 2. The molecule has 0 bridgehead atoms. The highest BCUT2D eigenvalue weighted by Crippen LogP contribution is 2.66. The zero-order valence-corrected chi connectivity index (χ0v) is 20.4. The van der Waals surface area contributed by atoms with Gasteiger partial charge in [0, 0.05) is 33.6 Å². The number of fused-ring (bicyclic) bond motifs is 7. The third-order valence-electron chi connectivity index (χ3n) is 8.67. The zero-order chi connectivity index (χ0) is 24.8. The number of Topliss-reactive ketones (excluding diaryl/α,β-unsaturated/α-hetero) is 1. The lowest BCUT2D eigenvalue weighted by Gasteiger charge is -2.38. The first-order chi connectivity index (χ1) is 17.4. The summed E-state index contributed by atoms with van der Waals surface area (Å²) in [5.41, 5.74) is 1.93. The molecule has 4 unspecified atom stereocenters. The topological polar surface area (TPSA) is 78.5 Å². The molecule has 7 rings (SSSR count). The van der Waals surface area contributed by atoms with Gasteiger partial charge < -0.3 is 10.6 Å². The highest BCUT2D eigenvalue weighted by atomic mass is 35.5. The minimum Gasteiger partial charge on any atom is -0.325 e. The molecule has 2 fully saturated rings. The first kappa shape index (κ1) is 21.8. The second-order valence-electron chi connectivity index (χ2n) is 10.3. The number of aryl methyl sites for hydroxylation is 1. The Kier molecular flexibility index (Phi) is 4.40. The number of ketones is 1. The van der Waals surface area contributed by atoms with Gasteiger partial charge in [0.15, 0.2) is 5.78 Å². The van der Waals surface area contributed by atoms with E-state index in [-0.39, 0.29) is 23.6 Å². The highest BCUT2D eigenvalue weighted by molar-refractivity contribution is 6.30. The minimum atomic E-state index is -1.30. The minimum absolute atomic E-state index is 0.210. The molecule has 0 aromatic heterocycles. The van der Waals surface area contributed by atoms with Gasteiger partial charge >= 0.3 is 0 Å². The quantitative estimate of drug-likeness (QED) is 0.505. The highest BCUT2D eigenvalue weighted by Gasteiger charge is 2.78. The zero-order valence-electron chi connectivity index (χ0n) is 19.7. The summed E-state index contributed by atoms with van der Waals surface area (Å²) in [6.07, 6.45) is 1.57. The molecule has 2 spiro atoms. The summed E-state index contributed by atoms with van der Waals surface area (Å²) in [7, 11) is 0. The lowest BCUT2D eigenvalue weighted by molar-refractivity contribution is -0.128. The molecule has 3 aromatic rings. The van der Waals surface area contributed by atoms with Gasteiger partial charge in [-0.2, -0.15) is 0 Å². The van der Waals surface area contributed by atoms with Gasteiger partial charge in [-0.05, 0) is 68.3 Å².